The summed E-state index contributed by atoms with van der Waals surface area (Å²) in [5.74, 6) is 0.727. The van der Waals surface area contributed by atoms with E-state index in [0.717, 1.165) is 16.9 Å². The lowest BCUT2D eigenvalue weighted by Gasteiger charge is -2.40. The molecule has 8 nitrogen and oxygen atoms in total. The average Bonchev–Trinajstić information content (AvgIpc) is 2.80. The fourth-order valence-electron chi connectivity index (χ4n) is 3.79. The molecule has 0 heterocycles. The van der Waals surface area contributed by atoms with Crippen LogP contribution in [0.1, 0.15) is 24.5 Å². The van der Waals surface area contributed by atoms with Gasteiger partial charge in [0.1, 0.15) is 36.4 Å². The van der Waals surface area contributed by atoms with Crippen LogP contribution in [0.2, 0.25) is 0 Å². The van der Waals surface area contributed by atoms with Gasteiger partial charge in [-0.3, -0.25) is 0 Å². The highest BCUT2D eigenvalue weighted by atomic mass is 16.7. The summed E-state index contributed by atoms with van der Waals surface area (Å²) >= 11 is 0. The van der Waals surface area contributed by atoms with E-state index >= 15 is 0 Å². The van der Waals surface area contributed by atoms with Crippen molar-refractivity contribution in [3.63, 3.8) is 0 Å². The van der Waals surface area contributed by atoms with Crippen LogP contribution < -0.4 is 9.47 Å². The maximum Gasteiger partial charge on any atom is 0.508 e. The first-order valence-electron chi connectivity index (χ1n) is 10.6. The Bertz CT molecular complexity index is 869. The van der Waals surface area contributed by atoms with E-state index in [4.69, 9.17) is 18.9 Å². The number of rotatable bonds is 8. The zero-order chi connectivity index (χ0) is 23.1. The summed E-state index contributed by atoms with van der Waals surface area (Å²) in [4.78, 5) is 11.5. The highest BCUT2D eigenvalue weighted by molar-refractivity contribution is 5.59. The molecule has 1 saturated carbocycles. The van der Waals surface area contributed by atoms with Crippen LogP contribution >= 0.6 is 0 Å². The molecule has 174 valence electrons. The molecule has 3 rings (SSSR count). The SMILES string of the molecule is CCOC(=O)OC[C@H]1CC(Oc2ccccc2Cc2ccc(OC)cc2)[C@H](O)[C@@H](O)[C@@H]1O. The summed E-state index contributed by atoms with van der Waals surface area (Å²) in [6, 6.07) is 15.2. The van der Waals surface area contributed by atoms with Crippen LogP contribution in [-0.2, 0) is 15.9 Å². The molecule has 32 heavy (non-hydrogen) atoms. The summed E-state index contributed by atoms with van der Waals surface area (Å²) in [7, 11) is 1.62. The van der Waals surface area contributed by atoms with E-state index in [1.807, 2.05) is 42.5 Å². The van der Waals surface area contributed by atoms with Crippen molar-refractivity contribution in [2.24, 2.45) is 5.92 Å². The third kappa shape index (κ3) is 5.91. The molecule has 2 aromatic rings. The maximum absolute atomic E-state index is 11.5. The minimum absolute atomic E-state index is 0.156. The number of hydrogen-bond donors (Lipinski definition) is 3. The molecule has 1 aliphatic carbocycles. The number of ether oxygens (including phenoxy) is 4. The molecule has 0 aromatic heterocycles. The maximum atomic E-state index is 11.5. The number of carbonyl (C=O) groups excluding carboxylic acids is 1. The molecule has 1 aliphatic rings. The number of methoxy groups -OCH3 is 1. The predicted molar refractivity (Wildman–Crippen MR) is 116 cm³/mol. The van der Waals surface area contributed by atoms with E-state index in [1.54, 1.807) is 20.1 Å². The molecule has 0 radical (unpaired) electrons. The predicted octanol–water partition coefficient (Wildman–Crippen LogP) is 2.31. The van der Waals surface area contributed by atoms with Gasteiger partial charge in [-0.05, 0) is 42.7 Å². The molecule has 2 aromatic carbocycles. The van der Waals surface area contributed by atoms with Gasteiger partial charge in [0.25, 0.3) is 0 Å². The highest BCUT2D eigenvalue weighted by Gasteiger charge is 2.44. The molecule has 0 aliphatic heterocycles. The summed E-state index contributed by atoms with van der Waals surface area (Å²) in [5, 5.41) is 31.1. The van der Waals surface area contributed by atoms with E-state index in [-0.39, 0.29) is 19.6 Å². The Balaban J connectivity index is 1.71. The second kappa shape index (κ2) is 11.2. The second-order valence-electron chi connectivity index (χ2n) is 7.75. The molecule has 8 heteroatoms. The average molecular weight is 446 g/mol. The van der Waals surface area contributed by atoms with E-state index < -0.39 is 36.5 Å². The molecule has 1 unspecified atom stereocenters. The Hall–Kier alpha value is -2.81. The molecular weight excluding hydrogens is 416 g/mol. The molecule has 3 N–H and O–H groups in total. The monoisotopic (exact) mass is 446 g/mol. The Labute approximate surface area is 187 Å². The van der Waals surface area contributed by atoms with Gasteiger partial charge in [-0.15, -0.1) is 0 Å². The zero-order valence-corrected chi connectivity index (χ0v) is 18.2. The van der Waals surface area contributed by atoms with Gasteiger partial charge >= 0.3 is 6.16 Å². The van der Waals surface area contributed by atoms with Gasteiger partial charge in [-0.2, -0.15) is 0 Å². The minimum Gasteiger partial charge on any atom is -0.497 e. The number of benzene rings is 2. The van der Waals surface area contributed by atoms with Crippen LogP contribution in [-0.4, -0.2) is 66.2 Å². The van der Waals surface area contributed by atoms with Crippen LogP contribution in [0.15, 0.2) is 48.5 Å². The first kappa shape index (κ1) is 23.8. The number of hydrogen-bond acceptors (Lipinski definition) is 8. The van der Waals surface area contributed by atoms with Crippen molar-refractivity contribution >= 4 is 6.16 Å². The van der Waals surface area contributed by atoms with Crippen molar-refractivity contribution in [2.75, 3.05) is 20.3 Å². The zero-order valence-electron chi connectivity index (χ0n) is 18.2. The quantitative estimate of drug-likeness (QED) is 0.530. The lowest BCUT2D eigenvalue weighted by atomic mass is 9.81. The normalized spacial score (nSPS) is 25.1. The van der Waals surface area contributed by atoms with Crippen molar-refractivity contribution < 1.29 is 39.1 Å². The Morgan fingerprint density at radius 1 is 0.969 bits per heavy atom. The fourth-order valence-corrected chi connectivity index (χ4v) is 3.79. The smallest absolute Gasteiger partial charge is 0.497 e. The van der Waals surface area contributed by atoms with Gasteiger partial charge < -0.3 is 34.3 Å². The van der Waals surface area contributed by atoms with Crippen LogP contribution in [0.3, 0.4) is 0 Å². The van der Waals surface area contributed by atoms with E-state index in [0.29, 0.717) is 12.2 Å². The van der Waals surface area contributed by atoms with Crippen LogP contribution in [0.25, 0.3) is 0 Å². The van der Waals surface area contributed by atoms with Crippen molar-refractivity contribution in [1.82, 2.24) is 0 Å². The van der Waals surface area contributed by atoms with Gasteiger partial charge in [0.05, 0.1) is 19.8 Å². The number of para-hydroxylation sites is 1. The van der Waals surface area contributed by atoms with Gasteiger partial charge in [-0.25, -0.2) is 4.79 Å². The summed E-state index contributed by atoms with van der Waals surface area (Å²) in [6.07, 6.45) is -4.83. The standard InChI is InChI=1S/C24H30O8/c1-3-30-24(28)31-14-17-13-20(22(26)23(27)21(17)25)32-19-7-5-4-6-16(19)12-15-8-10-18(29-2)11-9-15/h4-11,17,20-23,25-27H,3,12-14H2,1-2H3/t17-,20?,21-,22+,23+/m1/s1. The van der Waals surface area contributed by atoms with Crippen molar-refractivity contribution in [1.29, 1.82) is 0 Å². The van der Waals surface area contributed by atoms with Crippen molar-refractivity contribution in [2.45, 2.75) is 44.2 Å². The third-order valence-corrected chi connectivity index (χ3v) is 5.58. The lowest BCUT2D eigenvalue weighted by Crippen LogP contribution is -2.56. The Morgan fingerprint density at radius 2 is 1.69 bits per heavy atom. The molecule has 0 spiro atoms. The van der Waals surface area contributed by atoms with Crippen LogP contribution in [0.5, 0.6) is 11.5 Å². The molecule has 5 atom stereocenters. The summed E-state index contributed by atoms with van der Waals surface area (Å²) in [6.45, 7) is 1.67. The minimum atomic E-state index is -1.43. The number of aliphatic hydroxyl groups excluding tert-OH is 3. The van der Waals surface area contributed by atoms with Crippen molar-refractivity contribution in [3.05, 3.63) is 59.7 Å². The van der Waals surface area contributed by atoms with E-state index in [1.165, 1.54) is 0 Å². The summed E-state index contributed by atoms with van der Waals surface area (Å²) < 4.78 is 21.0. The number of aliphatic hydroxyl groups is 3. The largest absolute Gasteiger partial charge is 0.508 e. The van der Waals surface area contributed by atoms with Gasteiger partial charge in [0.15, 0.2) is 0 Å². The topological polar surface area (TPSA) is 115 Å². The van der Waals surface area contributed by atoms with Crippen molar-refractivity contribution in [3.8, 4) is 11.5 Å². The second-order valence-corrected chi connectivity index (χ2v) is 7.75. The molecule has 1 fully saturated rings. The van der Waals surface area contributed by atoms with E-state index in [9.17, 15) is 20.1 Å². The highest BCUT2D eigenvalue weighted by Crippen LogP contribution is 2.31. The van der Waals surface area contributed by atoms with Gasteiger partial charge in [0, 0.05) is 12.3 Å². The Kier molecular flexibility index (Phi) is 8.33. The molecular formula is C24H30O8. The van der Waals surface area contributed by atoms with Crippen LogP contribution in [0, 0.1) is 5.92 Å². The molecule has 0 saturated heterocycles. The van der Waals surface area contributed by atoms with Gasteiger partial charge in [0.2, 0.25) is 0 Å². The fraction of sp³-hybridized carbons (Fsp3) is 0.458. The Morgan fingerprint density at radius 3 is 2.38 bits per heavy atom. The molecule has 0 amide bonds. The third-order valence-electron chi connectivity index (χ3n) is 5.58. The first-order chi connectivity index (χ1) is 15.4. The van der Waals surface area contributed by atoms with E-state index in [2.05, 4.69) is 0 Å². The van der Waals surface area contributed by atoms with Gasteiger partial charge in [-0.1, -0.05) is 30.3 Å². The lowest BCUT2D eigenvalue weighted by molar-refractivity contribution is -0.158. The van der Waals surface area contributed by atoms with Crippen LogP contribution in [0.4, 0.5) is 4.79 Å². The summed E-state index contributed by atoms with van der Waals surface area (Å²) in [5.41, 5.74) is 1.96. The molecule has 0 bridgehead atoms. The first-order valence-corrected chi connectivity index (χ1v) is 10.6. The number of carbonyl (C=O) groups is 1.